The van der Waals surface area contributed by atoms with Crippen LogP contribution in [0, 0.1) is 0 Å². The first-order chi connectivity index (χ1) is 15.7. The third-order valence-electron chi connectivity index (χ3n) is 4.35. The number of ether oxygens (including phenoxy) is 1. The summed E-state index contributed by atoms with van der Waals surface area (Å²) in [6, 6.07) is 15.1. The van der Waals surface area contributed by atoms with Gasteiger partial charge in [-0.05, 0) is 54.1 Å². The normalized spacial score (nSPS) is 11.8. The maximum Gasteiger partial charge on any atom is 0.416 e. The van der Waals surface area contributed by atoms with Gasteiger partial charge in [0, 0.05) is 24.1 Å². The minimum Gasteiger partial charge on any atom is -0.438 e. The maximum atomic E-state index is 12.6. The number of anilines is 1. The van der Waals surface area contributed by atoms with Crippen molar-refractivity contribution in [1.29, 1.82) is 0 Å². The van der Waals surface area contributed by atoms with E-state index in [0.717, 1.165) is 24.3 Å². The predicted molar refractivity (Wildman–Crippen MR) is 113 cm³/mol. The molecule has 4 aromatic rings. The van der Waals surface area contributed by atoms with Crippen molar-refractivity contribution >= 4 is 15.7 Å². The van der Waals surface area contributed by atoms with Gasteiger partial charge in [0.05, 0.1) is 11.3 Å². The van der Waals surface area contributed by atoms with E-state index in [1.807, 2.05) is 0 Å². The van der Waals surface area contributed by atoms with E-state index in [0.29, 0.717) is 11.6 Å². The first-order valence-corrected chi connectivity index (χ1v) is 11.1. The van der Waals surface area contributed by atoms with Gasteiger partial charge in [0.15, 0.2) is 5.82 Å². The van der Waals surface area contributed by atoms with Crippen LogP contribution in [-0.4, -0.2) is 28.4 Å². The molecule has 0 bridgehead atoms. The number of nitrogens with one attached hydrogen (secondary N) is 1. The third kappa shape index (κ3) is 5.86. The van der Waals surface area contributed by atoms with Crippen molar-refractivity contribution in [1.82, 2.24) is 20.0 Å². The summed E-state index contributed by atoms with van der Waals surface area (Å²) in [5, 5.41) is 12.0. The summed E-state index contributed by atoms with van der Waals surface area (Å²) in [6.45, 7) is 0. The predicted octanol–water partition coefficient (Wildman–Crippen LogP) is 4.42. The second-order valence-electron chi connectivity index (χ2n) is 6.86. The van der Waals surface area contributed by atoms with Crippen molar-refractivity contribution in [2.24, 2.45) is 0 Å². The molecule has 0 radical (unpaired) electrons. The number of hydrogen-bond acceptors (Lipinski definition) is 6. The molecule has 2 aromatic heterocycles. The highest BCUT2D eigenvalue weighted by molar-refractivity contribution is 7.91. The van der Waals surface area contributed by atoms with E-state index >= 15 is 0 Å². The number of nitrogens with zero attached hydrogens (tertiary/aromatic N) is 4. The molecule has 4 rings (SSSR count). The summed E-state index contributed by atoms with van der Waals surface area (Å²) in [7, 11) is -3.84. The Morgan fingerprint density at radius 3 is 2.24 bits per heavy atom. The number of benzene rings is 2. The van der Waals surface area contributed by atoms with Gasteiger partial charge in [-0.15, -0.1) is 10.2 Å². The minimum atomic E-state index is -4.48. The molecule has 0 spiro atoms. The molecule has 0 fully saturated rings. The average molecular weight is 475 g/mol. The lowest BCUT2D eigenvalue weighted by Crippen LogP contribution is -2.15. The first-order valence-electron chi connectivity index (χ1n) is 9.46. The van der Waals surface area contributed by atoms with Gasteiger partial charge >= 0.3 is 6.18 Å². The Kier molecular flexibility index (Phi) is 6.01. The van der Waals surface area contributed by atoms with E-state index < -0.39 is 27.5 Å². The van der Waals surface area contributed by atoms with E-state index in [1.165, 1.54) is 12.1 Å². The van der Waals surface area contributed by atoms with Gasteiger partial charge in [-0.1, -0.05) is 12.1 Å². The summed E-state index contributed by atoms with van der Waals surface area (Å²) >= 11 is 0. The van der Waals surface area contributed by atoms with Crippen LogP contribution >= 0.6 is 0 Å². The maximum absolute atomic E-state index is 12.6. The Labute approximate surface area is 186 Å². The molecule has 0 amide bonds. The molecule has 0 aliphatic heterocycles. The standard InChI is InChI=1S/C21H16F3N5O3S/c22-21(23,24)16-4-2-15(3-5-16)14-33(30,31)28-17-6-8-18(9-7-17)32-20-11-10-19(26-27-20)29-13-1-12-25-29/h1-13,28H,14H2. The van der Waals surface area contributed by atoms with Crippen molar-refractivity contribution in [3.8, 4) is 17.4 Å². The number of aromatic nitrogens is 4. The molecule has 33 heavy (non-hydrogen) atoms. The van der Waals surface area contributed by atoms with Crippen LogP contribution in [0.2, 0.25) is 0 Å². The summed E-state index contributed by atoms with van der Waals surface area (Å²) in [4.78, 5) is 0. The summed E-state index contributed by atoms with van der Waals surface area (Å²) < 4.78 is 72.2. The number of halogens is 3. The van der Waals surface area contributed by atoms with Crippen LogP contribution in [0.4, 0.5) is 18.9 Å². The van der Waals surface area contributed by atoms with Crippen LogP contribution in [0.15, 0.2) is 79.1 Å². The highest BCUT2D eigenvalue weighted by atomic mass is 32.2. The Morgan fingerprint density at radius 1 is 0.939 bits per heavy atom. The number of rotatable bonds is 7. The molecule has 8 nitrogen and oxygen atoms in total. The van der Waals surface area contributed by atoms with Crippen molar-refractivity contribution in [3.63, 3.8) is 0 Å². The molecule has 0 saturated heterocycles. The van der Waals surface area contributed by atoms with Crippen molar-refractivity contribution < 1.29 is 26.3 Å². The summed E-state index contributed by atoms with van der Waals surface area (Å²) in [5.41, 5.74) is -0.338. The summed E-state index contributed by atoms with van der Waals surface area (Å²) in [5.74, 6) is 0.690. The first kappa shape index (κ1) is 22.3. The molecule has 2 heterocycles. The van der Waals surface area contributed by atoms with E-state index in [2.05, 4.69) is 20.0 Å². The molecular weight excluding hydrogens is 459 g/mol. The topological polar surface area (TPSA) is 99.0 Å². The SMILES string of the molecule is O=S(=O)(Cc1ccc(C(F)(F)F)cc1)Nc1ccc(Oc2ccc(-n3cccn3)nn2)cc1. The largest absolute Gasteiger partial charge is 0.438 e. The molecule has 1 N–H and O–H groups in total. The molecule has 12 heteroatoms. The van der Waals surface area contributed by atoms with Crippen LogP contribution in [0.3, 0.4) is 0 Å². The fourth-order valence-electron chi connectivity index (χ4n) is 2.83. The molecule has 2 aromatic carbocycles. The second kappa shape index (κ2) is 8.90. The molecular formula is C21H16F3N5O3S. The number of sulfonamides is 1. The Bertz CT molecular complexity index is 1310. The van der Waals surface area contributed by atoms with E-state index in [4.69, 9.17) is 4.74 Å². The van der Waals surface area contributed by atoms with Crippen molar-refractivity contribution in [2.45, 2.75) is 11.9 Å². The third-order valence-corrected chi connectivity index (χ3v) is 5.61. The highest BCUT2D eigenvalue weighted by Crippen LogP contribution is 2.29. The number of hydrogen-bond donors (Lipinski definition) is 1. The van der Waals surface area contributed by atoms with Gasteiger partial charge in [0.2, 0.25) is 15.9 Å². The minimum absolute atomic E-state index is 0.229. The molecule has 170 valence electrons. The zero-order valence-electron chi connectivity index (χ0n) is 16.8. The van der Waals surface area contributed by atoms with Gasteiger partial charge < -0.3 is 4.74 Å². The van der Waals surface area contributed by atoms with Gasteiger partial charge in [0.25, 0.3) is 0 Å². The van der Waals surface area contributed by atoms with Crippen LogP contribution in [-0.2, 0) is 22.0 Å². The average Bonchev–Trinajstić information content (AvgIpc) is 3.30. The number of alkyl halides is 3. The molecule has 0 atom stereocenters. The van der Waals surface area contributed by atoms with Gasteiger partial charge in [-0.25, -0.2) is 13.1 Å². The monoisotopic (exact) mass is 475 g/mol. The molecule has 0 saturated carbocycles. The van der Waals surface area contributed by atoms with Gasteiger partial charge in [0.1, 0.15) is 5.75 Å². The smallest absolute Gasteiger partial charge is 0.416 e. The van der Waals surface area contributed by atoms with E-state index in [-0.39, 0.29) is 17.1 Å². The van der Waals surface area contributed by atoms with Crippen LogP contribution < -0.4 is 9.46 Å². The molecule has 0 unspecified atom stereocenters. The quantitative estimate of drug-likeness (QED) is 0.425. The van der Waals surface area contributed by atoms with Crippen LogP contribution in [0.1, 0.15) is 11.1 Å². The van der Waals surface area contributed by atoms with Crippen molar-refractivity contribution in [2.75, 3.05) is 4.72 Å². The Balaban J connectivity index is 1.36. The second-order valence-corrected chi connectivity index (χ2v) is 8.58. The zero-order chi connectivity index (χ0) is 23.5. The fourth-order valence-corrected chi connectivity index (χ4v) is 4.03. The summed E-state index contributed by atoms with van der Waals surface area (Å²) in [6.07, 6.45) is -1.14. The van der Waals surface area contributed by atoms with Gasteiger partial charge in [-0.2, -0.15) is 18.3 Å². The fraction of sp³-hybridized carbons (Fsp3) is 0.0952. The Morgan fingerprint density at radius 2 is 1.67 bits per heavy atom. The van der Waals surface area contributed by atoms with Crippen molar-refractivity contribution in [3.05, 3.63) is 90.3 Å². The highest BCUT2D eigenvalue weighted by Gasteiger charge is 2.30. The van der Waals surface area contributed by atoms with Crippen LogP contribution in [0.25, 0.3) is 5.82 Å². The van der Waals surface area contributed by atoms with E-state index in [9.17, 15) is 21.6 Å². The zero-order valence-corrected chi connectivity index (χ0v) is 17.6. The van der Waals surface area contributed by atoms with E-state index in [1.54, 1.807) is 47.4 Å². The van der Waals surface area contributed by atoms with Gasteiger partial charge in [-0.3, -0.25) is 4.72 Å². The lowest BCUT2D eigenvalue weighted by molar-refractivity contribution is -0.137. The lowest BCUT2D eigenvalue weighted by atomic mass is 10.1. The molecule has 0 aliphatic rings. The van der Waals surface area contributed by atoms with Crippen LogP contribution in [0.5, 0.6) is 11.6 Å². The molecule has 0 aliphatic carbocycles. The Hall–Kier alpha value is -3.93. The lowest BCUT2D eigenvalue weighted by Gasteiger charge is -2.10.